The quantitative estimate of drug-likeness (QED) is 0.515. The molecular weight excluding hydrogens is 374 g/mol. The van der Waals surface area contributed by atoms with Gasteiger partial charge >= 0.3 is 0 Å². The van der Waals surface area contributed by atoms with Crippen LogP contribution in [0.25, 0.3) is 17.1 Å². The van der Waals surface area contributed by atoms with E-state index in [1.54, 1.807) is 0 Å². The van der Waals surface area contributed by atoms with Crippen molar-refractivity contribution in [1.82, 2.24) is 19.9 Å². The number of hydrogen-bond donors (Lipinski definition) is 1. The molecule has 1 N–H and O–H groups in total. The average molecular weight is 403 g/mol. The summed E-state index contributed by atoms with van der Waals surface area (Å²) in [6.45, 7) is 7.84. The Morgan fingerprint density at radius 2 is 1.70 bits per heavy atom. The molecule has 6 nitrogen and oxygen atoms in total. The van der Waals surface area contributed by atoms with Crippen molar-refractivity contribution in [3.63, 3.8) is 0 Å². The summed E-state index contributed by atoms with van der Waals surface area (Å²) in [7, 11) is 2.14. The molecule has 0 bridgehead atoms. The number of nitrogens with one attached hydrogen (secondary N) is 1. The van der Waals surface area contributed by atoms with E-state index in [0.717, 1.165) is 29.9 Å². The molecule has 4 rings (SSSR count). The highest BCUT2D eigenvalue weighted by Crippen LogP contribution is 2.18. The van der Waals surface area contributed by atoms with Crippen molar-refractivity contribution < 1.29 is 9.42 Å². The molecule has 4 aromatic rings. The Labute approximate surface area is 177 Å². The molecule has 0 saturated carbocycles. The Morgan fingerprint density at radius 3 is 2.40 bits per heavy atom. The van der Waals surface area contributed by atoms with Gasteiger partial charge in [0.1, 0.15) is 6.54 Å². The molecule has 30 heavy (non-hydrogen) atoms. The Hall–Kier alpha value is -3.25. The van der Waals surface area contributed by atoms with Crippen LogP contribution in [0.15, 0.2) is 59.1 Å². The topological polar surface area (TPSA) is 61.2 Å². The number of para-hydroxylation sites is 1. The maximum atomic E-state index is 5.52. The summed E-state index contributed by atoms with van der Waals surface area (Å²) >= 11 is 0. The van der Waals surface area contributed by atoms with Crippen LogP contribution in [0, 0.1) is 13.8 Å². The van der Waals surface area contributed by atoms with E-state index in [4.69, 9.17) is 9.62 Å². The third-order valence-corrected chi connectivity index (χ3v) is 5.46. The summed E-state index contributed by atoms with van der Waals surface area (Å²) in [5, 5.41) is 8.92. The van der Waals surface area contributed by atoms with Crippen molar-refractivity contribution in [2.24, 2.45) is 0 Å². The number of aryl methyl sites for hydroxylation is 2. The minimum atomic E-state index is 0.643. The lowest BCUT2D eigenvalue weighted by atomic mass is 10.1. The number of hydrogen-bond acceptors (Lipinski definition) is 4. The first kappa shape index (κ1) is 20.0. The highest BCUT2D eigenvalue weighted by molar-refractivity contribution is 5.54. The monoisotopic (exact) mass is 402 g/mol. The van der Waals surface area contributed by atoms with Crippen molar-refractivity contribution in [2.75, 3.05) is 7.05 Å². The fourth-order valence-corrected chi connectivity index (χ4v) is 3.71. The van der Waals surface area contributed by atoms with Crippen molar-refractivity contribution in [2.45, 2.75) is 40.3 Å². The molecular formula is C24H28N5O+. The molecule has 0 spiro atoms. The van der Waals surface area contributed by atoms with Crippen LogP contribution < -0.4 is 4.90 Å². The summed E-state index contributed by atoms with van der Waals surface area (Å²) in [6.07, 6.45) is 1.02. The summed E-state index contributed by atoms with van der Waals surface area (Å²) in [5.74, 6) is 1.29. The molecule has 0 saturated heterocycles. The highest BCUT2D eigenvalue weighted by atomic mass is 16.5. The molecule has 2 aromatic carbocycles. The molecule has 0 radical (unpaired) electrons. The molecule has 1 atom stereocenters. The van der Waals surface area contributed by atoms with E-state index in [1.165, 1.54) is 21.7 Å². The van der Waals surface area contributed by atoms with Crippen LogP contribution in [0.2, 0.25) is 0 Å². The van der Waals surface area contributed by atoms with Crippen molar-refractivity contribution in [1.29, 1.82) is 0 Å². The van der Waals surface area contributed by atoms with Crippen LogP contribution in [0.4, 0.5) is 0 Å². The maximum absolute atomic E-state index is 5.52. The third-order valence-electron chi connectivity index (χ3n) is 5.46. The Kier molecular flexibility index (Phi) is 5.77. The van der Waals surface area contributed by atoms with Gasteiger partial charge < -0.3 is 9.42 Å². The van der Waals surface area contributed by atoms with E-state index in [2.05, 4.69) is 74.4 Å². The fourth-order valence-electron chi connectivity index (χ4n) is 3.71. The van der Waals surface area contributed by atoms with Gasteiger partial charge in [0.15, 0.2) is 6.54 Å². The van der Waals surface area contributed by atoms with Crippen molar-refractivity contribution >= 4 is 0 Å². The van der Waals surface area contributed by atoms with Crippen molar-refractivity contribution in [3.05, 3.63) is 83.0 Å². The first-order valence-electron chi connectivity index (χ1n) is 10.4. The van der Waals surface area contributed by atoms with E-state index < -0.39 is 0 Å². The Bertz CT molecular complexity index is 1110. The van der Waals surface area contributed by atoms with Gasteiger partial charge in [-0.05, 0) is 38.0 Å². The fraction of sp³-hybridized carbons (Fsp3) is 0.292. The predicted molar refractivity (Wildman–Crippen MR) is 116 cm³/mol. The zero-order valence-electron chi connectivity index (χ0n) is 18.0. The van der Waals surface area contributed by atoms with E-state index in [0.29, 0.717) is 18.3 Å². The average Bonchev–Trinajstić information content (AvgIpc) is 3.34. The predicted octanol–water partition coefficient (Wildman–Crippen LogP) is 3.32. The molecule has 6 heteroatoms. The minimum absolute atomic E-state index is 0.643. The van der Waals surface area contributed by atoms with Gasteiger partial charge in [0.25, 0.3) is 5.89 Å². The number of rotatable bonds is 7. The second-order valence-electron chi connectivity index (χ2n) is 7.77. The lowest BCUT2D eigenvalue weighted by Crippen LogP contribution is -3.06. The van der Waals surface area contributed by atoms with Gasteiger partial charge in [-0.1, -0.05) is 54.5 Å². The van der Waals surface area contributed by atoms with E-state index in [-0.39, 0.29) is 0 Å². The van der Waals surface area contributed by atoms with Gasteiger partial charge in [0, 0.05) is 5.56 Å². The van der Waals surface area contributed by atoms with E-state index in [1.807, 2.05) is 22.9 Å². The van der Waals surface area contributed by atoms with Crippen LogP contribution in [-0.4, -0.2) is 27.0 Å². The van der Waals surface area contributed by atoms with Crippen molar-refractivity contribution in [3.8, 4) is 17.1 Å². The maximum Gasteiger partial charge on any atom is 0.282 e. The second-order valence-corrected chi connectivity index (χ2v) is 7.77. The van der Waals surface area contributed by atoms with Gasteiger partial charge in [-0.3, -0.25) is 0 Å². The molecule has 1 unspecified atom stereocenters. The number of benzene rings is 2. The van der Waals surface area contributed by atoms with E-state index in [9.17, 15) is 0 Å². The largest absolute Gasteiger partial charge is 0.333 e. The molecule has 2 heterocycles. The van der Waals surface area contributed by atoms with Crippen LogP contribution in [0.1, 0.15) is 35.3 Å². The van der Waals surface area contributed by atoms with E-state index >= 15 is 0 Å². The molecule has 0 amide bonds. The number of nitrogens with zero attached hydrogens (tertiary/aromatic N) is 4. The minimum Gasteiger partial charge on any atom is -0.333 e. The summed E-state index contributed by atoms with van der Waals surface area (Å²) in [5.41, 5.74) is 6.84. The van der Waals surface area contributed by atoms with Gasteiger partial charge in [-0.15, -0.1) is 0 Å². The van der Waals surface area contributed by atoms with Crippen LogP contribution >= 0.6 is 0 Å². The van der Waals surface area contributed by atoms with Crippen LogP contribution in [0.5, 0.6) is 0 Å². The zero-order valence-corrected chi connectivity index (χ0v) is 18.0. The third kappa shape index (κ3) is 4.19. The number of quaternary nitrogens is 1. The molecule has 154 valence electrons. The van der Waals surface area contributed by atoms with Gasteiger partial charge in [0.2, 0.25) is 5.82 Å². The molecule has 0 aliphatic carbocycles. The molecule has 2 aromatic heterocycles. The lowest BCUT2D eigenvalue weighted by molar-refractivity contribution is -0.909. The second kappa shape index (κ2) is 8.63. The smallest absolute Gasteiger partial charge is 0.282 e. The molecule has 0 fully saturated rings. The van der Waals surface area contributed by atoms with Crippen LogP contribution in [0.3, 0.4) is 0 Å². The Morgan fingerprint density at radius 1 is 0.967 bits per heavy atom. The molecule has 0 aliphatic heterocycles. The first-order chi connectivity index (χ1) is 14.5. The lowest BCUT2D eigenvalue weighted by Gasteiger charge is -2.12. The Balaban J connectivity index is 1.46. The summed E-state index contributed by atoms with van der Waals surface area (Å²) < 4.78 is 7.53. The normalized spacial score (nSPS) is 12.3. The standard InChI is InChI=1S/C24H27N5O/c1-5-19-11-13-20(14-12-19)24-25-23(30-27-24)16-28(4)15-22-17(2)26-29(18(22)3)21-9-7-6-8-10-21/h6-14H,5,15-16H2,1-4H3/p+1. The summed E-state index contributed by atoms with van der Waals surface area (Å²) in [6, 6.07) is 18.6. The SMILES string of the molecule is CCc1ccc(-c2noc(C[NH+](C)Cc3c(C)nn(-c4ccccc4)c3C)n2)cc1. The van der Waals surface area contributed by atoms with Gasteiger partial charge in [0.05, 0.1) is 29.7 Å². The highest BCUT2D eigenvalue weighted by Gasteiger charge is 2.19. The zero-order chi connectivity index (χ0) is 21.1. The first-order valence-corrected chi connectivity index (χ1v) is 10.4. The molecule has 0 aliphatic rings. The number of aromatic nitrogens is 4. The van der Waals surface area contributed by atoms with Gasteiger partial charge in [-0.25, -0.2) is 4.68 Å². The summed E-state index contributed by atoms with van der Waals surface area (Å²) in [4.78, 5) is 5.86. The van der Waals surface area contributed by atoms with Crippen LogP contribution in [-0.2, 0) is 19.5 Å². The van der Waals surface area contributed by atoms with Gasteiger partial charge in [-0.2, -0.15) is 10.1 Å².